The third-order valence-corrected chi connectivity index (χ3v) is 0.553. The minimum Gasteiger partial charge on any atom is -0.411 e. The second-order valence-corrected chi connectivity index (χ2v) is 1.96. The third-order valence-electron chi connectivity index (χ3n) is 0.553. The van der Waals surface area contributed by atoms with Gasteiger partial charge in [-0.2, -0.15) is 0 Å². The van der Waals surface area contributed by atoms with Gasteiger partial charge >= 0.3 is 22.4 Å². The van der Waals surface area contributed by atoms with Crippen LogP contribution in [0.3, 0.4) is 0 Å². The number of methoxy groups -OCH3 is 1. The Bertz CT molecular complexity index is 37.8. The maximum atomic E-state index is 4.83. The van der Waals surface area contributed by atoms with E-state index in [0.29, 0.717) is 0 Å². The molecule has 0 fully saturated rings. The largest absolute Gasteiger partial charge is 1.00 e. The van der Waals surface area contributed by atoms with Gasteiger partial charge in [0.05, 0.1) is 0 Å². The number of hydrogen-bond donors (Lipinski definition) is 0. The maximum Gasteiger partial charge on any atom is 1.00 e. The van der Waals surface area contributed by atoms with E-state index in [1.54, 1.807) is 7.11 Å². The van der Waals surface area contributed by atoms with Crippen LogP contribution < -0.4 is 0 Å². The van der Waals surface area contributed by atoms with Gasteiger partial charge in [-0.15, -0.1) is 0 Å². The summed E-state index contributed by atoms with van der Waals surface area (Å²) in [5.74, 6) is 0. The molecule has 0 aromatic carbocycles. The van der Waals surface area contributed by atoms with Crippen LogP contribution in [-0.4, -0.2) is 12.7 Å². The first kappa shape index (κ1) is 10.6. The fourth-order valence-electron chi connectivity index (χ4n) is 0. The summed E-state index contributed by atoms with van der Waals surface area (Å²) in [7, 11) is 1.65. The molecule has 0 amide bonds. The van der Waals surface area contributed by atoms with Crippen LogP contribution in [0.4, 0.5) is 0 Å². The molecule has 0 N–H and O–H groups in total. The van der Waals surface area contributed by atoms with Crippen molar-refractivity contribution in [3.8, 4) is 0 Å². The molecule has 0 aliphatic rings. The molecule has 0 aromatic heterocycles. The molecular weight excluding hydrogens is 273 g/mol. The predicted octanol–water partition coefficient (Wildman–Crippen LogP) is 1.24. The van der Waals surface area contributed by atoms with Gasteiger partial charge in [-0.25, -0.2) is 0 Å². The van der Waals surface area contributed by atoms with Crippen LogP contribution >= 0.6 is 0 Å². The standard InChI is InChI=1S/C5H11O.Au/c1-5(2,3)6-4;/h1H2,2-4H3;/q-1;+1. The molecule has 0 bridgehead atoms. The topological polar surface area (TPSA) is 9.23 Å². The molecule has 0 saturated heterocycles. The molecular formula is C5H11AuO. The molecule has 0 aromatic rings. The van der Waals surface area contributed by atoms with Crippen molar-refractivity contribution in [3.05, 3.63) is 6.92 Å². The van der Waals surface area contributed by atoms with Crippen LogP contribution in [-0.2, 0) is 27.1 Å². The Morgan fingerprint density at radius 2 is 1.57 bits per heavy atom. The van der Waals surface area contributed by atoms with Crippen LogP contribution in [0.15, 0.2) is 0 Å². The zero-order valence-electron chi connectivity index (χ0n) is 4.92. The molecule has 1 nitrogen and oxygen atoms in total. The van der Waals surface area contributed by atoms with Gasteiger partial charge in [0.1, 0.15) is 0 Å². The summed E-state index contributed by atoms with van der Waals surface area (Å²) in [6.07, 6.45) is 0. The Balaban J connectivity index is 0. The summed E-state index contributed by atoms with van der Waals surface area (Å²) in [6.45, 7) is 7.49. The van der Waals surface area contributed by atoms with Crippen LogP contribution in [0.1, 0.15) is 13.8 Å². The summed E-state index contributed by atoms with van der Waals surface area (Å²) < 4.78 is 4.83. The van der Waals surface area contributed by atoms with Crippen LogP contribution in [0, 0.1) is 6.92 Å². The minimum atomic E-state index is -0.208. The van der Waals surface area contributed by atoms with Gasteiger partial charge in [-0.1, -0.05) is 19.4 Å². The molecule has 7 heavy (non-hydrogen) atoms. The van der Waals surface area contributed by atoms with Gasteiger partial charge < -0.3 is 11.7 Å². The Hall–Kier alpha value is 0.700. The van der Waals surface area contributed by atoms with Crippen LogP contribution in [0.25, 0.3) is 0 Å². The third kappa shape index (κ3) is 10.8. The summed E-state index contributed by atoms with van der Waals surface area (Å²) in [6, 6.07) is 0. The van der Waals surface area contributed by atoms with Crippen molar-refractivity contribution in [2.24, 2.45) is 0 Å². The van der Waals surface area contributed by atoms with Gasteiger partial charge in [0.15, 0.2) is 0 Å². The summed E-state index contributed by atoms with van der Waals surface area (Å²) in [5.41, 5.74) is -0.208. The van der Waals surface area contributed by atoms with Crippen molar-refractivity contribution in [2.45, 2.75) is 19.4 Å². The zero-order valence-corrected chi connectivity index (χ0v) is 7.08. The first-order valence-electron chi connectivity index (χ1n) is 1.97. The first-order chi connectivity index (χ1) is 2.56. The fourth-order valence-corrected chi connectivity index (χ4v) is 0. The average Bonchev–Trinajstić information content (AvgIpc) is 1.35. The van der Waals surface area contributed by atoms with E-state index in [1.807, 2.05) is 13.8 Å². The molecule has 0 spiro atoms. The molecule has 0 saturated carbocycles. The minimum absolute atomic E-state index is 0. The van der Waals surface area contributed by atoms with E-state index >= 15 is 0 Å². The Kier molecular flexibility index (Phi) is 5.58. The SMILES string of the molecule is [Au+].[CH2-]C(C)(C)OC. The fraction of sp³-hybridized carbons (Fsp3) is 0.800. The number of rotatable bonds is 1. The molecule has 0 aliphatic carbocycles. The van der Waals surface area contributed by atoms with Crippen molar-refractivity contribution in [2.75, 3.05) is 7.11 Å². The summed E-state index contributed by atoms with van der Waals surface area (Å²) in [5, 5.41) is 0. The van der Waals surface area contributed by atoms with Gasteiger partial charge in [0.2, 0.25) is 0 Å². The van der Waals surface area contributed by atoms with Crippen molar-refractivity contribution >= 4 is 0 Å². The summed E-state index contributed by atoms with van der Waals surface area (Å²) >= 11 is 0. The molecule has 0 rings (SSSR count). The summed E-state index contributed by atoms with van der Waals surface area (Å²) in [4.78, 5) is 0. The van der Waals surface area contributed by atoms with Crippen molar-refractivity contribution in [1.29, 1.82) is 0 Å². The second kappa shape index (κ2) is 3.67. The van der Waals surface area contributed by atoms with Gasteiger partial charge in [-0.05, 0) is 0 Å². The Morgan fingerprint density at radius 3 is 1.57 bits per heavy atom. The van der Waals surface area contributed by atoms with E-state index in [9.17, 15) is 0 Å². The molecule has 0 radical (unpaired) electrons. The van der Waals surface area contributed by atoms with Gasteiger partial charge in [-0.3, -0.25) is 0 Å². The smallest absolute Gasteiger partial charge is 0.411 e. The normalized spacial score (nSPS) is 10.3. The second-order valence-electron chi connectivity index (χ2n) is 1.96. The van der Waals surface area contributed by atoms with E-state index in [0.717, 1.165) is 0 Å². The van der Waals surface area contributed by atoms with Gasteiger partial charge in [0.25, 0.3) is 0 Å². The van der Waals surface area contributed by atoms with E-state index in [1.165, 1.54) is 0 Å². The Morgan fingerprint density at radius 1 is 1.43 bits per heavy atom. The van der Waals surface area contributed by atoms with Crippen molar-refractivity contribution in [1.82, 2.24) is 0 Å². The molecule has 0 aliphatic heterocycles. The number of hydrogen-bond acceptors (Lipinski definition) is 1. The van der Waals surface area contributed by atoms with Crippen LogP contribution in [0.2, 0.25) is 0 Å². The monoisotopic (exact) mass is 284 g/mol. The quantitative estimate of drug-likeness (QED) is 0.520. The number of ether oxygens (including phenoxy) is 1. The average molecular weight is 284 g/mol. The van der Waals surface area contributed by atoms with Crippen molar-refractivity contribution in [3.63, 3.8) is 0 Å². The predicted molar refractivity (Wildman–Crippen MR) is 26.4 cm³/mol. The van der Waals surface area contributed by atoms with E-state index < -0.39 is 0 Å². The molecule has 48 valence electrons. The van der Waals surface area contributed by atoms with E-state index in [4.69, 9.17) is 4.74 Å². The first-order valence-corrected chi connectivity index (χ1v) is 1.97. The molecule has 0 heterocycles. The van der Waals surface area contributed by atoms with E-state index in [-0.39, 0.29) is 28.0 Å². The molecule has 0 unspecified atom stereocenters. The zero-order chi connectivity index (χ0) is 5.21. The Labute approximate surface area is 60.9 Å². The van der Waals surface area contributed by atoms with Crippen molar-refractivity contribution < 1.29 is 27.1 Å². The molecule has 0 atom stereocenters. The van der Waals surface area contributed by atoms with Gasteiger partial charge in [0, 0.05) is 7.11 Å². The molecule has 2 heteroatoms. The van der Waals surface area contributed by atoms with Crippen LogP contribution in [0.5, 0.6) is 0 Å². The van der Waals surface area contributed by atoms with E-state index in [2.05, 4.69) is 6.92 Å². The maximum absolute atomic E-state index is 4.83.